The number of carboxylic acids is 1. The molecule has 0 radical (unpaired) electrons. The minimum Gasteiger partial charge on any atom is -0.481 e. The lowest BCUT2D eigenvalue weighted by atomic mass is 9.72. The van der Waals surface area contributed by atoms with Gasteiger partial charge in [-0.1, -0.05) is 18.0 Å². The van der Waals surface area contributed by atoms with Gasteiger partial charge in [0.15, 0.2) is 0 Å². The Morgan fingerprint density at radius 3 is 2.41 bits per heavy atom. The molecule has 3 atom stereocenters. The molecule has 2 N–H and O–H groups in total. The average Bonchev–Trinajstić information content (AvgIpc) is 3.46. The second kappa shape index (κ2) is 10.0. The van der Waals surface area contributed by atoms with E-state index in [0.29, 0.717) is 36.9 Å². The van der Waals surface area contributed by atoms with Gasteiger partial charge in [-0.25, -0.2) is 4.39 Å². The van der Waals surface area contributed by atoms with Gasteiger partial charge in [-0.3, -0.25) is 14.4 Å². The summed E-state index contributed by atoms with van der Waals surface area (Å²) in [6, 6.07) is 6.98. The summed E-state index contributed by atoms with van der Waals surface area (Å²) in [5, 5.41) is 11.8. The maximum Gasteiger partial charge on any atom is 0.573 e. The fraction of sp³-hybridized carbons (Fsp3) is 0.444. The molecule has 208 valence electrons. The van der Waals surface area contributed by atoms with Gasteiger partial charge in [-0.15, -0.1) is 13.2 Å². The van der Waals surface area contributed by atoms with Crippen molar-refractivity contribution in [1.29, 1.82) is 0 Å². The predicted octanol–water partition coefficient (Wildman–Crippen LogP) is 5.80. The molecule has 2 aromatic carbocycles. The molecular weight excluding hydrogens is 544 g/mol. The number of aliphatic carboxylic acids is 1. The molecule has 2 aliphatic carbocycles. The lowest BCUT2D eigenvalue weighted by Gasteiger charge is -2.47. The van der Waals surface area contributed by atoms with E-state index >= 15 is 0 Å². The van der Waals surface area contributed by atoms with Crippen molar-refractivity contribution in [1.82, 2.24) is 5.32 Å². The number of amides is 2. The van der Waals surface area contributed by atoms with Crippen LogP contribution in [-0.2, 0) is 9.59 Å². The molecule has 12 heteroatoms. The van der Waals surface area contributed by atoms with Crippen LogP contribution in [0.1, 0.15) is 66.8 Å². The van der Waals surface area contributed by atoms with E-state index in [2.05, 4.69) is 10.1 Å². The van der Waals surface area contributed by atoms with Crippen LogP contribution in [0, 0.1) is 11.7 Å². The first-order valence-electron chi connectivity index (χ1n) is 12.6. The van der Waals surface area contributed by atoms with Crippen LogP contribution in [0.15, 0.2) is 36.4 Å². The van der Waals surface area contributed by atoms with E-state index in [1.807, 2.05) is 0 Å². The first-order valence-corrected chi connectivity index (χ1v) is 13.0. The van der Waals surface area contributed by atoms with Crippen molar-refractivity contribution < 1.29 is 41.8 Å². The number of carbonyl (C=O) groups excluding carboxylic acids is 2. The zero-order valence-corrected chi connectivity index (χ0v) is 21.3. The van der Waals surface area contributed by atoms with Gasteiger partial charge in [-0.2, -0.15) is 0 Å². The SMILES string of the molecule is O=C(O)CCC(=O)NC1(C2c3cc(F)c(Cl)cc3N(C(=O)c3ccc(OC(F)(F)F)cc3)C3CCCC32)CC1. The molecule has 7 nitrogen and oxygen atoms in total. The first-order chi connectivity index (χ1) is 18.4. The number of carboxylic acid groups (broad SMARTS) is 1. The summed E-state index contributed by atoms with van der Waals surface area (Å²) < 4.78 is 56.5. The predicted molar refractivity (Wildman–Crippen MR) is 132 cm³/mol. The highest BCUT2D eigenvalue weighted by Gasteiger charge is 2.59. The molecule has 0 saturated heterocycles. The monoisotopic (exact) mass is 568 g/mol. The van der Waals surface area contributed by atoms with E-state index in [9.17, 15) is 31.9 Å². The van der Waals surface area contributed by atoms with Crippen LogP contribution in [0.2, 0.25) is 5.02 Å². The number of fused-ring (bicyclic) bond motifs is 2. The first kappa shape index (κ1) is 27.2. The maximum absolute atomic E-state index is 14.8. The normalized spacial score (nSPS) is 23.0. The third-order valence-corrected chi connectivity index (χ3v) is 8.14. The molecule has 2 fully saturated rings. The van der Waals surface area contributed by atoms with Crippen molar-refractivity contribution >= 4 is 35.1 Å². The third-order valence-electron chi connectivity index (χ3n) is 7.85. The smallest absolute Gasteiger partial charge is 0.481 e. The highest BCUT2D eigenvalue weighted by Crippen LogP contribution is 2.60. The van der Waals surface area contributed by atoms with Gasteiger partial charge in [0, 0.05) is 35.2 Å². The quantitative estimate of drug-likeness (QED) is 0.411. The minimum absolute atomic E-state index is 0.128. The van der Waals surface area contributed by atoms with E-state index < -0.39 is 41.3 Å². The highest BCUT2D eigenvalue weighted by atomic mass is 35.5. The van der Waals surface area contributed by atoms with Crippen molar-refractivity contribution in [2.45, 2.75) is 68.8 Å². The summed E-state index contributed by atoms with van der Waals surface area (Å²) >= 11 is 6.16. The molecular formula is C27H25ClF4N2O5. The molecule has 2 amide bonds. The number of hydrogen-bond donors (Lipinski definition) is 2. The largest absolute Gasteiger partial charge is 0.573 e. The minimum atomic E-state index is -4.87. The molecule has 0 spiro atoms. The van der Waals surface area contributed by atoms with Crippen LogP contribution < -0.4 is 15.0 Å². The molecule has 0 bridgehead atoms. The second-order valence-electron chi connectivity index (χ2n) is 10.3. The van der Waals surface area contributed by atoms with Gasteiger partial charge in [0.25, 0.3) is 5.91 Å². The fourth-order valence-electron chi connectivity index (χ4n) is 6.21. The van der Waals surface area contributed by atoms with E-state index in [-0.39, 0.29) is 41.3 Å². The molecule has 0 aromatic heterocycles. The van der Waals surface area contributed by atoms with Crippen LogP contribution in [0.5, 0.6) is 5.75 Å². The molecule has 39 heavy (non-hydrogen) atoms. The number of carbonyl (C=O) groups is 3. The Hall–Kier alpha value is -3.34. The molecule has 3 unspecified atom stereocenters. The number of alkyl halides is 3. The van der Waals surface area contributed by atoms with Crippen molar-refractivity contribution in [2.75, 3.05) is 4.90 Å². The Kier molecular flexibility index (Phi) is 6.98. The van der Waals surface area contributed by atoms with E-state index in [1.165, 1.54) is 24.3 Å². The Morgan fingerprint density at radius 2 is 1.79 bits per heavy atom. The standard InChI is InChI=1S/C27H25ClF4N2O5/c28-18-13-21-17(12-19(18)29)24(26(10-11-26)33-22(35)8-9-23(36)37)16-2-1-3-20(16)34(21)25(38)14-4-6-15(7-5-14)39-27(30,31)32/h4-7,12-13,16,20,24H,1-3,8-11H2,(H,33,35)(H,36,37). The molecule has 2 saturated carbocycles. The number of halogens is 5. The number of benzene rings is 2. The van der Waals surface area contributed by atoms with E-state index in [4.69, 9.17) is 16.7 Å². The average molecular weight is 569 g/mol. The highest BCUT2D eigenvalue weighted by molar-refractivity contribution is 6.31. The second-order valence-corrected chi connectivity index (χ2v) is 10.7. The zero-order chi connectivity index (χ0) is 28.1. The van der Waals surface area contributed by atoms with Gasteiger partial charge < -0.3 is 20.1 Å². The topological polar surface area (TPSA) is 95.9 Å². The Morgan fingerprint density at radius 1 is 1.10 bits per heavy atom. The van der Waals surface area contributed by atoms with Gasteiger partial charge >= 0.3 is 12.3 Å². The lowest BCUT2D eigenvalue weighted by Crippen LogP contribution is -2.53. The van der Waals surface area contributed by atoms with Crippen molar-refractivity contribution in [3.8, 4) is 5.75 Å². The molecule has 5 rings (SSSR count). The van der Waals surface area contributed by atoms with Gasteiger partial charge in [0.2, 0.25) is 5.91 Å². The number of hydrogen-bond acceptors (Lipinski definition) is 4. The maximum atomic E-state index is 14.8. The number of nitrogens with one attached hydrogen (secondary N) is 1. The Balaban J connectivity index is 1.51. The van der Waals surface area contributed by atoms with E-state index in [1.54, 1.807) is 4.90 Å². The Labute approximate surface area is 226 Å². The van der Waals surface area contributed by atoms with E-state index in [0.717, 1.165) is 18.6 Å². The van der Waals surface area contributed by atoms with Gasteiger partial charge in [0.1, 0.15) is 11.6 Å². The Bertz CT molecular complexity index is 1310. The van der Waals surface area contributed by atoms with Crippen LogP contribution in [0.3, 0.4) is 0 Å². The summed E-state index contributed by atoms with van der Waals surface area (Å²) in [5.74, 6) is -3.55. The van der Waals surface area contributed by atoms with Crippen molar-refractivity contribution in [3.05, 3.63) is 58.4 Å². The van der Waals surface area contributed by atoms with Gasteiger partial charge in [-0.05, 0) is 73.6 Å². The third kappa shape index (κ3) is 5.41. The fourth-order valence-corrected chi connectivity index (χ4v) is 6.37. The number of rotatable bonds is 7. The lowest BCUT2D eigenvalue weighted by molar-refractivity contribution is -0.274. The number of anilines is 1. The van der Waals surface area contributed by atoms with Crippen LogP contribution in [0.25, 0.3) is 0 Å². The summed E-state index contributed by atoms with van der Waals surface area (Å²) in [7, 11) is 0. The van der Waals surface area contributed by atoms with Crippen LogP contribution in [0.4, 0.5) is 23.2 Å². The van der Waals surface area contributed by atoms with Crippen LogP contribution in [-0.4, -0.2) is 40.8 Å². The van der Waals surface area contributed by atoms with Crippen molar-refractivity contribution in [3.63, 3.8) is 0 Å². The molecule has 1 heterocycles. The summed E-state index contributed by atoms with van der Waals surface area (Å²) in [6.45, 7) is 0. The number of nitrogens with zero attached hydrogens (tertiary/aromatic N) is 1. The summed E-state index contributed by atoms with van der Waals surface area (Å²) in [6.07, 6.45) is -1.98. The van der Waals surface area contributed by atoms with Crippen molar-refractivity contribution in [2.24, 2.45) is 5.92 Å². The van der Waals surface area contributed by atoms with Gasteiger partial charge in [0.05, 0.1) is 11.4 Å². The number of ether oxygens (including phenoxy) is 1. The van der Waals surface area contributed by atoms with Crippen LogP contribution >= 0.6 is 11.6 Å². The summed E-state index contributed by atoms with van der Waals surface area (Å²) in [5.41, 5.74) is 0.342. The molecule has 3 aliphatic rings. The zero-order valence-electron chi connectivity index (χ0n) is 20.6. The molecule has 1 aliphatic heterocycles. The summed E-state index contributed by atoms with van der Waals surface area (Å²) in [4.78, 5) is 38.9. The molecule has 2 aromatic rings.